The molecule has 348 valence electrons. The average Bonchev–Trinajstić information content (AvgIpc) is 3.96. The number of nitrogens with one attached hydrogen (secondary N) is 2. The van der Waals surface area contributed by atoms with E-state index >= 15 is 0 Å². The molecule has 0 spiro atoms. The highest BCUT2D eigenvalue weighted by Crippen LogP contribution is 2.43. The van der Waals surface area contributed by atoms with Gasteiger partial charge >= 0.3 is 6.18 Å². The zero-order chi connectivity index (χ0) is 47.9. The van der Waals surface area contributed by atoms with E-state index in [1.165, 1.54) is 42.4 Å². The maximum Gasteiger partial charge on any atom is 0.418 e. The highest BCUT2D eigenvalue weighted by Gasteiger charge is 2.44. The van der Waals surface area contributed by atoms with Crippen molar-refractivity contribution in [3.05, 3.63) is 105 Å². The minimum atomic E-state index is -4.80. The van der Waals surface area contributed by atoms with E-state index in [9.17, 15) is 42.3 Å². The summed E-state index contributed by atoms with van der Waals surface area (Å²) in [5, 5.41) is 15.6. The Balaban J connectivity index is 0.982. The topological polar surface area (TPSA) is 181 Å². The number of carbonyl (C=O) groups excluding carboxylic acids is 5. The molecule has 6 rings (SSSR count). The van der Waals surface area contributed by atoms with Gasteiger partial charge in [-0.25, -0.2) is 9.83 Å². The Morgan fingerprint density at radius 3 is 2.41 bits per heavy atom. The number of carbonyl (C=O) groups is 5. The Bertz CT molecular complexity index is 2550. The number of aryl methyl sites for hydroxylation is 1. The molecule has 0 aliphatic carbocycles. The Labute approximate surface area is 387 Å². The normalized spacial score (nSPS) is 17.5. The van der Waals surface area contributed by atoms with E-state index in [-0.39, 0.29) is 67.8 Å². The summed E-state index contributed by atoms with van der Waals surface area (Å²) < 4.78 is 57.6. The van der Waals surface area contributed by atoms with Crippen molar-refractivity contribution >= 4 is 63.7 Å². The van der Waals surface area contributed by atoms with Crippen LogP contribution in [-0.2, 0) is 36.6 Å². The van der Waals surface area contributed by atoms with Crippen molar-refractivity contribution in [2.45, 2.75) is 71.4 Å². The first-order valence-corrected chi connectivity index (χ1v) is 22.3. The lowest BCUT2D eigenvalue weighted by atomic mass is 9.85. The molecule has 1 aromatic heterocycles. The van der Waals surface area contributed by atoms with Crippen LogP contribution in [0.1, 0.15) is 56.0 Å². The molecule has 3 heterocycles. The lowest BCUT2D eigenvalue weighted by Crippen LogP contribution is -2.57. The van der Waals surface area contributed by atoms with Crippen molar-refractivity contribution in [1.82, 2.24) is 25.4 Å². The molecule has 2 fully saturated rings. The molecule has 3 N–H and O–H groups in total. The lowest BCUT2D eigenvalue weighted by molar-refractivity contribution is -0.144. The number of imide groups is 1. The zero-order valence-electron chi connectivity index (χ0n) is 36.6. The number of ether oxygens (including phenoxy) is 3. The molecule has 2 saturated heterocycles. The molecule has 4 aromatic rings. The number of nitrogens with zero attached hydrogens (tertiary/aromatic N) is 4. The van der Waals surface area contributed by atoms with Crippen molar-refractivity contribution in [2.75, 3.05) is 33.4 Å². The fourth-order valence-electron chi connectivity index (χ4n) is 7.16. The van der Waals surface area contributed by atoms with Gasteiger partial charge in [0, 0.05) is 25.9 Å². The number of aliphatic hydroxyl groups excluding tert-OH is 1. The van der Waals surface area contributed by atoms with Gasteiger partial charge in [0.2, 0.25) is 17.7 Å². The summed E-state index contributed by atoms with van der Waals surface area (Å²) >= 11 is 2.22. The number of halogens is 3. The van der Waals surface area contributed by atoms with Crippen LogP contribution in [0.3, 0.4) is 0 Å². The molecule has 3 aromatic carbocycles. The Kier molecular flexibility index (Phi) is 15.6. The lowest BCUT2D eigenvalue weighted by Gasteiger charge is -2.35. The molecule has 66 heavy (non-hydrogen) atoms. The number of methoxy groups -OCH3 is 1. The number of hydrogen-bond donors (Lipinski definition) is 3. The van der Waals surface area contributed by atoms with Crippen molar-refractivity contribution in [1.29, 1.82) is 0 Å². The Morgan fingerprint density at radius 1 is 1.03 bits per heavy atom. The SMILES string of the molecule is [C-]#[N+]c1ccc(Oc2ccc(/C=C3\SC(=O)N(CCOCCC(=O)N[C@H](C(=O)N4C[C@@H](O)C[C@H]4C(=O)NCc4ccc(-c5scnc5C)cc4)C(C)(C)C)C3=O)cc2OC)c(C(F)(F)F)c1. The number of aliphatic hydroxyl groups is 1. The van der Waals surface area contributed by atoms with Gasteiger partial charge < -0.3 is 34.9 Å². The van der Waals surface area contributed by atoms with Gasteiger partial charge in [-0.05, 0) is 71.1 Å². The van der Waals surface area contributed by atoms with E-state index in [0.717, 1.165) is 32.7 Å². The van der Waals surface area contributed by atoms with Crippen molar-refractivity contribution < 1.29 is 56.5 Å². The molecule has 2 aliphatic rings. The highest BCUT2D eigenvalue weighted by molar-refractivity contribution is 8.18. The summed E-state index contributed by atoms with van der Waals surface area (Å²) in [6.45, 7) is 14.1. The van der Waals surface area contributed by atoms with E-state index in [0.29, 0.717) is 23.4 Å². The number of benzene rings is 3. The van der Waals surface area contributed by atoms with Gasteiger partial charge in [0.1, 0.15) is 17.8 Å². The second-order valence-electron chi connectivity index (χ2n) is 16.4. The molecule has 3 atom stereocenters. The van der Waals surface area contributed by atoms with Gasteiger partial charge in [0.05, 0.1) is 66.1 Å². The number of aromatic nitrogens is 1. The van der Waals surface area contributed by atoms with Crippen LogP contribution in [0.4, 0.5) is 23.7 Å². The third kappa shape index (κ3) is 11.9. The molecule has 0 saturated carbocycles. The largest absolute Gasteiger partial charge is 0.493 e. The summed E-state index contributed by atoms with van der Waals surface area (Å²) in [6.07, 6.45) is -4.44. The van der Waals surface area contributed by atoms with E-state index in [1.807, 2.05) is 31.2 Å². The zero-order valence-corrected chi connectivity index (χ0v) is 38.2. The standard InChI is InChI=1S/C46H47F3N6O9S2/c1-26-39(65-25-52-26)29-10-7-27(8-11-29)23-51-41(58)33-22-31(56)24-55(33)43(60)40(45(2,3)4)53-38(57)15-17-63-18-16-54-42(59)37(66-44(54)61)20-28-9-13-35(36(19-28)62-6)64-34-14-12-30(50-5)21-32(34)46(47,48)49/h7-14,19-21,25,31,33,40,56H,15-18,22-24H2,1-4,6H3,(H,51,58)(H,53,57)/b37-20-/t31-,33-,40+/m0/s1. The molecular weight excluding hydrogens is 902 g/mol. The van der Waals surface area contributed by atoms with Gasteiger partial charge in [-0.2, -0.15) is 13.2 Å². The number of rotatable bonds is 16. The predicted octanol–water partition coefficient (Wildman–Crippen LogP) is 7.74. The molecule has 2 aliphatic heterocycles. The fourth-order valence-corrected chi connectivity index (χ4v) is 8.83. The van der Waals surface area contributed by atoms with Crippen molar-refractivity contribution in [3.63, 3.8) is 0 Å². The number of alkyl halides is 3. The maximum atomic E-state index is 14.0. The monoisotopic (exact) mass is 948 g/mol. The molecule has 15 nitrogen and oxygen atoms in total. The van der Waals surface area contributed by atoms with Gasteiger partial charge in [-0.1, -0.05) is 57.2 Å². The van der Waals surface area contributed by atoms with Crippen LogP contribution >= 0.6 is 23.1 Å². The fraction of sp³-hybridized carbons (Fsp3) is 0.370. The van der Waals surface area contributed by atoms with E-state index in [4.69, 9.17) is 20.8 Å². The summed E-state index contributed by atoms with van der Waals surface area (Å²) in [6, 6.07) is 12.9. The summed E-state index contributed by atoms with van der Waals surface area (Å²) in [5.74, 6) is -2.63. The first-order chi connectivity index (χ1) is 31.3. The number of amides is 5. The van der Waals surface area contributed by atoms with Crippen LogP contribution in [0.5, 0.6) is 17.2 Å². The van der Waals surface area contributed by atoms with Crippen molar-refractivity contribution in [3.8, 4) is 27.7 Å². The predicted molar refractivity (Wildman–Crippen MR) is 241 cm³/mol. The average molecular weight is 949 g/mol. The Hall–Kier alpha value is -6.27. The summed E-state index contributed by atoms with van der Waals surface area (Å²) in [5.41, 5.74) is 2.83. The number of β-amino-alcohol motifs (C(OH)–C–C–N with tert-alkyl or cyclic N) is 1. The molecular formula is C46H47F3N6O9S2. The first-order valence-electron chi connectivity index (χ1n) is 20.6. The van der Waals surface area contributed by atoms with E-state index < -0.39 is 70.0 Å². The highest BCUT2D eigenvalue weighted by atomic mass is 32.2. The molecule has 0 bridgehead atoms. The van der Waals surface area contributed by atoms with Gasteiger partial charge in [0.15, 0.2) is 17.2 Å². The van der Waals surface area contributed by atoms with E-state index in [2.05, 4.69) is 20.5 Å². The number of thioether (sulfide) groups is 1. The van der Waals surface area contributed by atoms with Crippen LogP contribution in [-0.4, -0.2) is 100 Å². The molecule has 0 radical (unpaired) electrons. The second-order valence-corrected chi connectivity index (χ2v) is 18.3. The third-order valence-corrected chi connectivity index (χ3v) is 12.5. The van der Waals surface area contributed by atoms with Crippen LogP contribution < -0.4 is 20.1 Å². The Morgan fingerprint density at radius 2 is 1.76 bits per heavy atom. The first kappa shape index (κ1) is 49.2. The van der Waals surface area contributed by atoms with Gasteiger partial charge in [-0.3, -0.25) is 28.9 Å². The maximum absolute atomic E-state index is 14.0. The smallest absolute Gasteiger partial charge is 0.418 e. The summed E-state index contributed by atoms with van der Waals surface area (Å²) in [7, 11) is 1.28. The minimum Gasteiger partial charge on any atom is -0.493 e. The second kappa shape index (κ2) is 20.9. The van der Waals surface area contributed by atoms with Crippen LogP contribution in [0.15, 0.2) is 71.1 Å². The van der Waals surface area contributed by atoms with Crippen molar-refractivity contribution in [2.24, 2.45) is 5.41 Å². The van der Waals surface area contributed by atoms with Gasteiger partial charge in [-0.15, -0.1) is 11.3 Å². The minimum absolute atomic E-state index is 0.0369. The molecule has 5 amide bonds. The van der Waals surface area contributed by atoms with Crippen LogP contribution in [0.25, 0.3) is 21.4 Å². The van der Waals surface area contributed by atoms with E-state index in [1.54, 1.807) is 37.6 Å². The number of thiazole rings is 1. The summed E-state index contributed by atoms with van der Waals surface area (Å²) in [4.78, 5) is 77.3. The van der Waals surface area contributed by atoms with Gasteiger partial charge in [0.25, 0.3) is 11.1 Å². The number of likely N-dealkylation sites (tertiary alicyclic amines) is 1. The molecule has 0 unspecified atom stereocenters. The molecule has 20 heteroatoms. The van der Waals surface area contributed by atoms with Crippen LogP contribution in [0.2, 0.25) is 0 Å². The third-order valence-electron chi connectivity index (χ3n) is 10.6. The quantitative estimate of drug-likeness (QED) is 0.0568. The number of hydrogen-bond acceptors (Lipinski definition) is 12. The van der Waals surface area contributed by atoms with Crippen LogP contribution in [0, 0.1) is 18.9 Å².